The summed E-state index contributed by atoms with van der Waals surface area (Å²) in [5.74, 6) is -0.0691. The number of nitrogens with zero attached hydrogens (tertiary/aromatic N) is 1. The SMILES string of the molecule is CC(Sc1ccc([N+](=O)[O-])cc1)C(=O)NCCc1cccc(Cl)c1. The van der Waals surface area contributed by atoms with Crippen LogP contribution in [-0.4, -0.2) is 22.6 Å². The van der Waals surface area contributed by atoms with E-state index in [0.29, 0.717) is 18.0 Å². The number of thioether (sulfide) groups is 1. The molecule has 1 atom stereocenters. The van der Waals surface area contributed by atoms with E-state index in [-0.39, 0.29) is 16.8 Å². The van der Waals surface area contributed by atoms with Gasteiger partial charge in [-0.05, 0) is 43.2 Å². The van der Waals surface area contributed by atoms with Gasteiger partial charge in [-0.1, -0.05) is 23.7 Å². The van der Waals surface area contributed by atoms with Crippen molar-refractivity contribution < 1.29 is 9.72 Å². The summed E-state index contributed by atoms with van der Waals surface area (Å²) < 4.78 is 0. The number of amides is 1. The van der Waals surface area contributed by atoms with Crippen molar-refractivity contribution in [3.63, 3.8) is 0 Å². The number of halogens is 1. The number of benzene rings is 2. The standard InChI is InChI=1S/C17H17ClN2O3S/c1-12(24-16-7-5-15(6-8-16)20(22)23)17(21)19-10-9-13-3-2-4-14(18)11-13/h2-8,11-12H,9-10H2,1H3,(H,19,21). The van der Waals surface area contributed by atoms with Gasteiger partial charge in [-0.15, -0.1) is 11.8 Å². The molecule has 0 saturated carbocycles. The molecule has 0 bridgehead atoms. The van der Waals surface area contributed by atoms with Gasteiger partial charge >= 0.3 is 0 Å². The van der Waals surface area contributed by atoms with Gasteiger partial charge in [0.05, 0.1) is 10.2 Å². The van der Waals surface area contributed by atoms with Crippen molar-refractivity contribution in [2.75, 3.05) is 6.54 Å². The van der Waals surface area contributed by atoms with Gasteiger partial charge in [0.2, 0.25) is 5.91 Å². The van der Waals surface area contributed by atoms with Crippen molar-refractivity contribution in [3.8, 4) is 0 Å². The highest BCUT2D eigenvalue weighted by Gasteiger charge is 2.14. The van der Waals surface area contributed by atoms with Crippen LogP contribution >= 0.6 is 23.4 Å². The van der Waals surface area contributed by atoms with Crippen LogP contribution in [0.25, 0.3) is 0 Å². The maximum absolute atomic E-state index is 12.1. The first-order chi connectivity index (χ1) is 11.5. The van der Waals surface area contributed by atoms with Crippen molar-refractivity contribution in [1.82, 2.24) is 5.32 Å². The van der Waals surface area contributed by atoms with Crippen molar-refractivity contribution in [3.05, 3.63) is 69.2 Å². The van der Waals surface area contributed by atoms with E-state index < -0.39 is 4.92 Å². The maximum atomic E-state index is 12.1. The smallest absolute Gasteiger partial charge is 0.269 e. The van der Waals surface area contributed by atoms with E-state index in [4.69, 9.17) is 11.6 Å². The summed E-state index contributed by atoms with van der Waals surface area (Å²) >= 11 is 7.29. The van der Waals surface area contributed by atoms with Crippen molar-refractivity contribution in [2.45, 2.75) is 23.5 Å². The number of nitrogens with one attached hydrogen (secondary N) is 1. The first-order valence-corrected chi connectivity index (χ1v) is 8.65. The number of nitro benzene ring substituents is 1. The largest absolute Gasteiger partial charge is 0.355 e. The van der Waals surface area contributed by atoms with E-state index in [1.165, 1.54) is 23.9 Å². The molecule has 0 fully saturated rings. The lowest BCUT2D eigenvalue weighted by Crippen LogP contribution is -2.32. The molecule has 126 valence electrons. The molecule has 0 aliphatic carbocycles. The predicted octanol–water partition coefficient (Wildman–Crippen LogP) is 4.09. The van der Waals surface area contributed by atoms with Crippen LogP contribution in [0.15, 0.2) is 53.4 Å². The number of nitro groups is 1. The van der Waals surface area contributed by atoms with Gasteiger partial charge in [-0.3, -0.25) is 14.9 Å². The van der Waals surface area contributed by atoms with Gasteiger partial charge in [0.15, 0.2) is 0 Å². The number of hydrogen-bond acceptors (Lipinski definition) is 4. The van der Waals surface area contributed by atoms with Crippen molar-refractivity contribution in [1.29, 1.82) is 0 Å². The predicted molar refractivity (Wildman–Crippen MR) is 96.6 cm³/mol. The zero-order chi connectivity index (χ0) is 17.5. The maximum Gasteiger partial charge on any atom is 0.269 e. The lowest BCUT2D eigenvalue weighted by atomic mass is 10.1. The molecule has 24 heavy (non-hydrogen) atoms. The highest BCUT2D eigenvalue weighted by Crippen LogP contribution is 2.25. The molecule has 1 N–H and O–H groups in total. The second-order valence-electron chi connectivity index (χ2n) is 5.18. The number of non-ortho nitro benzene ring substituents is 1. The topological polar surface area (TPSA) is 72.2 Å². The van der Waals surface area contributed by atoms with Crippen LogP contribution in [0.5, 0.6) is 0 Å². The van der Waals surface area contributed by atoms with Gasteiger partial charge in [-0.2, -0.15) is 0 Å². The monoisotopic (exact) mass is 364 g/mol. The quantitative estimate of drug-likeness (QED) is 0.456. The Morgan fingerprint density at radius 3 is 2.62 bits per heavy atom. The molecule has 1 unspecified atom stereocenters. The van der Waals surface area contributed by atoms with E-state index in [9.17, 15) is 14.9 Å². The van der Waals surface area contributed by atoms with Gasteiger partial charge in [0.25, 0.3) is 5.69 Å². The van der Waals surface area contributed by atoms with E-state index in [2.05, 4.69) is 5.32 Å². The molecule has 0 aliphatic rings. The number of carbonyl (C=O) groups excluding carboxylic acids is 1. The Kier molecular flexibility index (Phi) is 6.63. The molecule has 0 saturated heterocycles. The Labute approximate surface area is 149 Å². The minimum Gasteiger partial charge on any atom is -0.355 e. The highest BCUT2D eigenvalue weighted by molar-refractivity contribution is 8.00. The molecular formula is C17H17ClN2O3S. The third kappa shape index (κ3) is 5.54. The zero-order valence-corrected chi connectivity index (χ0v) is 14.6. The van der Waals surface area contributed by atoms with Gasteiger partial charge in [0.1, 0.15) is 0 Å². The van der Waals surface area contributed by atoms with Crippen LogP contribution < -0.4 is 5.32 Å². The van der Waals surface area contributed by atoms with Crippen LogP contribution in [0.1, 0.15) is 12.5 Å². The summed E-state index contributed by atoms with van der Waals surface area (Å²) in [6.07, 6.45) is 0.710. The normalized spacial score (nSPS) is 11.8. The van der Waals surface area contributed by atoms with Gasteiger partial charge < -0.3 is 5.32 Å². The minimum atomic E-state index is -0.444. The molecule has 7 heteroatoms. The van der Waals surface area contributed by atoms with E-state index >= 15 is 0 Å². The lowest BCUT2D eigenvalue weighted by Gasteiger charge is -2.12. The molecule has 0 radical (unpaired) electrons. The van der Waals surface area contributed by atoms with Crippen LogP contribution in [0.3, 0.4) is 0 Å². The lowest BCUT2D eigenvalue weighted by molar-refractivity contribution is -0.384. The fourth-order valence-electron chi connectivity index (χ4n) is 2.07. The van der Waals surface area contributed by atoms with Crippen LogP contribution in [0.2, 0.25) is 5.02 Å². The van der Waals surface area contributed by atoms with E-state index in [1.54, 1.807) is 19.1 Å². The highest BCUT2D eigenvalue weighted by atomic mass is 35.5. The molecule has 2 rings (SSSR count). The van der Waals surface area contributed by atoms with Crippen molar-refractivity contribution in [2.24, 2.45) is 0 Å². The molecular weight excluding hydrogens is 348 g/mol. The third-order valence-corrected chi connectivity index (χ3v) is 4.68. The number of carbonyl (C=O) groups is 1. The fourth-order valence-corrected chi connectivity index (χ4v) is 3.18. The second-order valence-corrected chi connectivity index (χ2v) is 7.03. The molecule has 0 heterocycles. The minimum absolute atomic E-state index is 0.0398. The van der Waals surface area contributed by atoms with Gasteiger partial charge in [0, 0.05) is 28.6 Å². The average molecular weight is 365 g/mol. The second kappa shape index (κ2) is 8.70. The number of rotatable bonds is 7. The summed E-state index contributed by atoms with van der Waals surface area (Å²) in [5, 5.41) is 13.9. The molecule has 0 spiro atoms. The Bertz CT molecular complexity index is 722. The molecule has 2 aromatic carbocycles. The summed E-state index contributed by atoms with van der Waals surface area (Å²) in [4.78, 5) is 23.1. The number of hydrogen-bond donors (Lipinski definition) is 1. The Morgan fingerprint density at radius 1 is 1.29 bits per heavy atom. The summed E-state index contributed by atoms with van der Waals surface area (Å²) in [7, 11) is 0. The zero-order valence-electron chi connectivity index (χ0n) is 13.1. The van der Waals surface area contributed by atoms with Gasteiger partial charge in [-0.25, -0.2) is 0 Å². The summed E-state index contributed by atoms with van der Waals surface area (Å²) in [6.45, 7) is 2.34. The van der Waals surface area contributed by atoms with Crippen LogP contribution in [0, 0.1) is 10.1 Å². The molecule has 0 aliphatic heterocycles. The summed E-state index contributed by atoms with van der Waals surface area (Å²) in [5.41, 5.74) is 1.11. The molecule has 1 amide bonds. The van der Waals surface area contributed by atoms with Crippen LogP contribution in [-0.2, 0) is 11.2 Å². The van der Waals surface area contributed by atoms with E-state index in [0.717, 1.165) is 10.5 Å². The summed E-state index contributed by atoms with van der Waals surface area (Å²) in [6, 6.07) is 13.7. The first-order valence-electron chi connectivity index (χ1n) is 7.39. The molecule has 0 aromatic heterocycles. The first kappa shape index (κ1) is 18.3. The Morgan fingerprint density at radius 2 is 2.00 bits per heavy atom. The molecule has 5 nitrogen and oxygen atoms in total. The average Bonchev–Trinajstić information content (AvgIpc) is 2.55. The molecule has 2 aromatic rings. The fraction of sp³-hybridized carbons (Fsp3) is 0.235. The Hall–Kier alpha value is -2.05. The third-order valence-electron chi connectivity index (χ3n) is 3.33. The van der Waals surface area contributed by atoms with Crippen LogP contribution in [0.4, 0.5) is 5.69 Å². The van der Waals surface area contributed by atoms with E-state index in [1.807, 2.05) is 24.3 Å². The van der Waals surface area contributed by atoms with Crippen molar-refractivity contribution >= 4 is 35.0 Å². The Balaban J connectivity index is 1.80.